The van der Waals surface area contributed by atoms with E-state index in [0.29, 0.717) is 9.92 Å². The van der Waals surface area contributed by atoms with E-state index in [-0.39, 0.29) is 0 Å². The van der Waals surface area contributed by atoms with Crippen molar-refractivity contribution < 1.29 is 0 Å². The van der Waals surface area contributed by atoms with Crippen LogP contribution < -0.4 is 4.81 Å². The van der Waals surface area contributed by atoms with Gasteiger partial charge in [0.2, 0.25) is 0 Å². The van der Waals surface area contributed by atoms with Crippen LogP contribution in [0.1, 0.15) is 37.8 Å². The van der Waals surface area contributed by atoms with Crippen molar-refractivity contribution in [2.75, 3.05) is 4.81 Å². The second-order valence-electron chi connectivity index (χ2n) is 6.50. The van der Waals surface area contributed by atoms with Crippen molar-refractivity contribution in [1.82, 2.24) is 0 Å². The Balaban J connectivity index is 2.14. The van der Waals surface area contributed by atoms with E-state index in [2.05, 4.69) is 97.4 Å². The van der Waals surface area contributed by atoms with Crippen LogP contribution in [-0.4, -0.2) is 12.6 Å². The Morgan fingerprint density at radius 2 is 1.45 bits per heavy atom. The van der Waals surface area contributed by atoms with Gasteiger partial charge in [0.05, 0.1) is 0 Å². The fraction of sp³-hybridized carbons (Fsp3) is 0.333. The highest BCUT2D eigenvalue weighted by molar-refractivity contribution is 14.1. The lowest BCUT2D eigenvalue weighted by molar-refractivity contribution is 0.686. The maximum Gasteiger partial charge on any atom is 0.330 e. The first-order chi connectivity index (χ1) is 10.6. The number of rotatable bonds is 4. The molecular weight excluding hydrogens is 379 g/mol. The highest BCUT2D eigenvalue weighted by Crippen LogP contribution is 2.47. The van der Waals surface area contributed by atoms with Crippen LogP contribution in [0.5, 0.6) is 0 Å². The maximum absolute atomic E-state index is 2.66. The van der Waals surface area contributed by atoms with Gasteiger partial charge in [-0.25, -0.2) is 0 Å². The first-order valence-electron chi connectivity index (χ1n) is 8.20. The normalized spacial score (nSPS) is 13.5. The summed E-state index contributed by atoms with van der Waals surface area (Å²) in [6.45, 7) is 4.63. The average Bonchev–Trinajstić information content (AvgIpc) is 2.58. The van der Waals surface area contributed by atoms with E-state index in [1.165, 1.54) is 35.3 Å². The molecule has 0 amide bonds. The second-order valence-corrected chi connectivity index (χ2v) is 7.68. The zero-order valence-corrected chi connectivity index (χ0v) is 15.8. The van der Waals surface area contributed by atoms with E-state index in [1.807, 2.05) is 0 Å². The van der Waals surface area contributed by atoms with Crippen molar-refractivity contribution in [1.29, 1.82) is 0 Å². The Bertz CT molecular complexity index is 624. The lowest BCUT2D eigenvalue weighted by Gasteiger charge is -2.42. The van der Waals surface area contributed by atoms with E-state index >= 15 is 0 Å². The van der Waals surface area contributed by atoms with E-state index in [0.717, 1.165) is 6.42 Å². The molecule has 1 aliphatic rings. The van der Waals surface area contributed by atoms with Gasteiger partial charge in [0, 0.05) is 17.8 Å². The molecular formula is C18H22B2IN. The molecule has 1 aliphatic heterocycles. The summed E-state index contributed by atoms with van der Waals surface area (Å²) in [7, 11) is 2.42. The Hall–Kier alpha value is -0.900. The molecule has 2 aromatic carbocycles. The summed E-state index contributed by atoms with van der Waals surface area (Å²) >= 11 is 2.66. The van der Waals surface area contributed by atoms with E-state index in [9.17, 15) is 0 Å². The van der Waals surface area contributed by atoms with Gasteiger partial charge in [-0.05, 0) is 28.5 Å². The van der Waals surface area contributed by atoms with Gasteiger partial charge < -0.3 is 4.81 Å². The minimum atomic E-state index is 0.304. The number of hydrogen-bond donors (Lipinski definition) is 0. The summed E-state index contributed by atoms with van der Waals surface area (Å²) in [4.78, 5) is 2.57. The topological polar surface area (TPSA) is 3.24 Å². The summed E-state index contributed by atoms with van der Waals surface area (Å²) in [5.41, 5.74) is 5.65. The summed E-state index contributed by atoms with van der Waals surface area (Å²) in [6.07, 6.45) is 3.43. The minimum absolute atomic E-state index is 0.304. The molecule has 0 aromatic heterocycles. The molecule has 1 nitrogen and oxygen atoms in total. The summed E-state index contributed by atoms with van der Waals surface area (Å²) in [5.74, 6) is 0. The average molecular weight is 401 g/mol. The highest BCUT2D eigenvalue weighted by Gasteiger charge is 2.40. The lowest BCUT2D eigenvalue weighted by atomic mass is 9.44. The predicted molar refractivity (Wildman–Crippen MR) is 109 cm³/mol. The maximum atomic E-state index is 2.66. The van der Waals surface area contributed by atoms with Gasteiger partial charge in [0.25, 0.3) is 0 Å². The number of benzene rings is 2. The van der Waals surface area contributed by atoms with Crippen molar-refractivity contribution in [2.24, 2.45) is 0 Å². The minimum Gasteiger partial charge on any atom is -0.376 e. The number of para-hydroxylation sites is 2. The molecule has 2 aromatic rings. The summed E-state index contributed by atoms with van der Waals surface area (Å²) < 4.78 is 0.447. The molecule has 0 fully saturated rings. The van der Waals surface area contributed by atoms with Gasteiger partial charge in [-0.2, -0.15) is 0 Å². The SMILES string of the molecule is BC(CC)(CC)B(I)N1c2ccccc2Cc2ccccc21. The van der Waals surface area contributed by atoms with Gasteiger partial charge in [-0.15, -0.1) is 22.4 Å². The predicted octanol–water partition coefficient (Wildman–Crippen LogP) is 4.80. The van der Waals surface area contributed by atoms with Crippen molar-refractivity contribution in [3.8, 4) is 0 Å². The van der Waals surface area contributed by atoms with Crippen LogP contribution in [0.15, 0.2) is 48.5 Å². The molecule has 4 heteroatoms. The monoisotopic (exact) mass is 401 g/mol. The number of nitrogens with zero attached hydrogens (tertiary/aromatic N) is 1. The molecule has 0 N–H and O–H groups in total. The smallest absolute Gasteiger partial charge is 0.330 e. The molecule has 1 heterocycles. The molecule has 0 radical (unpaired) electrons. The standard InChI is InChI=1S/C18H22B2IN/c1-3-18(19,4-2)20(21)22-16-11-7-5-9-14(16)13-15-10-6-8-12-17(15)22/h5-12H,3-4,13,19H2,1-2H3. The molecule has 0 aliphatic carbocycles. The number of anilines is 2. The van der Waals surface area contributed by atoms with Crippen LogP contribution in [0.2, 0.25) is 5.21 Å². The van der Waals surface area contributed by atoms with Gasteiger partial charge in [0.1, 0.15) is 7.85 Å². The first kappa shape index (κ1) is 16.0. The molecule has 0 atom stereocenters. The van der Waals surface area contributed by atoms with Gasteiger partial charge in [0.15, 0.2) is 0 Å². The fourth-order valence-electron chi connectivity index (χ4n) is 3.27. The Morgan fingerprint density at radius 3 is 1.91 bits per heavy atom. The second kappa shape index (κ2) is 6.31. The molecule has 22 heavy (non-hydrogen) atoms. The number of halogens is 1. The zero-order chi connectivity index (χ0) is 15.7. The van der Waals surface area contributed by atoms with E-state index in [1.54, 1.807) is 0 Å². The third kappa shape index (κ3) is 2.60. The molecule has 0 saturated carbocycles. The lowest BCUT2D eigenvalue weighted by Crippen LogP contribution is -2.43. The molecule has 0 spiro atoms. The van der Waals surface area contributed by atoms with Crippen LogP contribution in [0.3, 0.4) is 0 Å². The quantitative estimate of drug-likeness (QED) is 0.526. The first-order valence-corrected chi connectivity index (χ1v) is 9.44. The van der Waals surface area contributed by atoms with Crippen molar-refractivity contribution >= 4 is 46.3 Å². The van der Waals surface area contributed by atoms with Gasteiger partial charge >= 0.3 is 4.70 Å². The number of fused-ring (bicyclic) bond motifs is 2. The van der Waals surface area contributed by atoms with E-state index in [4.69, 9.17) is 0 Å². The van der Waals surface area contributed by atoms with E-state index < -0.39 is 0 Å². The Labute approximate surface area is 148 Å². The molecule has 3 rings (SSSR count). The third-order valence-corrected chi connectivity index (χ3v) is 7.36. The third-order valence-electron chi connectivity index (χ3n) is 5.30. The fourth-order valence-corrected chi connectivity index (χ4v) is 4.75. The van der Waals surface area contributed by atoms with Crippen LogP contribution >= 0.6 is 22.4 Å². The van der Waals surface area contributed by atoms with Crippen LogP contribution in [0, 0.1) is 0 Å². The summed E-state index contributed by atoms with van der Waals surface area (Å²) in [6, 6.07) is 17.8. The Morgan fingerprint density at radius 1 is 1.00 bits per heavy atom. The van der Waals surface area contributed by atoms with Crippen molar-refractivity contribution in [2.45, 2.75) is 38.3 Å². The largest absolute Gasteiger partial charge is 0.376 e. The number of hydrogen-bond acceptors (Lipinski definition) is 1. The van der Waals surface area contributed by atoms with Gasteiger partial charge in [-0.1, -0.05) is 63.1 Å². The van der Waals surface area contributed by atoms with Crippen LogP contribution in [-0.2, 0) is 6.42 Å². The van der Waals surface area contributed by atoms with Crippen LogP contribution in [0.25, 0.3) is 0 Å². The zero-order valence-electron chi connectivity index (χ0n) is 13.6. The van der Waals surface area contributed by atoms with Crippen molar-refractivity contribution in [3.63, 3.8) is 0 Å². The molecule has 112 valence electrons. The van der Waals surface area contributed by atoms with Gasteiger partial charge in [-0.3, -0.25) is 0 Å². The Kier molecular flexibility index (Phi) is 4.58. The summed E-state index contributed by atoms with van der Waals surface area (Å²) in [5, 5.41) is 0.304. The van der Waals surface area contributed by atoms with Crippen LogP contribution in [0.4, 0.5) is 11.4 Å². The molecule has 0 unspecified atom stereocenters. The molecule has 0 saturated heterocycles. The molecule has 0 bridgehead atoms. The van der Waals surface area contributed by atoms with Crippen molar-refractivity contribution in [3.05, 3.63) is 59.7 Å². The highest BCUT2D eigenvalue weighted by atomic mass is 127.